The molecule has 3 aromatic rings. The van der Waals surface area contributed by atoms with E-state index in [0.29, 0.717) is 0 Å². The molecule has 0 aromatic heterocycles. The molecule has 0 radical (unpaired) electrons. The third kappa shape index (κ3) is 3.07. The summed E-state index contributed by atoms with van der Waals surface area (Å²) in [5, 5.41) is 5.34. The zero-order valence-electron chi connectivity index (χ0n) is 12.5. The van der Waals surface area contributed by atoms with Gasteiger partial charge >= 0.3 is 139 Å². The van der Waals surface area contributed by atoms with Crippen LogP contribution in [0.3, 0.4) is 0 Å². The molecule has 3 heteroatoms. The Hall–Kier alpha value is -2.05. The average Bonchev–Trinajstić information content (AvgIpc) is 2.54. The summed E-state index contributed by atoms with van der Waals surface area (Å²) in [4.78, 5) is 12.4. The zero-order valence-corrected chi connectivity index (χ0v) is 14.9. The summed E-state index contributed by atoms with van der Waals surface area (Å²) in [6.07, 6.45) is 1.03. The molecular weight excluding hydrogens is 333 g/mol. The van der Waals surface area contributed by atoms with E-state index in [-0.39, 0.29) is 5.91 Å². The molecule has 3 rings (SSSR count). The van der Waals surface area contributed by atoms with Crippen molar-refractivity contribution in [2.24, 2.45) is 0 Å². The first-order chi connectivity index (χ1) is 10.7. The van der Waals surface area contributed by atoms with Crippen molar-refractivity contribution in [2.45, 2.75) is 13.3 Å². The Labute approximate surface area is 139 Å². The first kappa shape index (κ1) is 14.9. The molecular formula is C19H18AsNO. The summed E-state index contributed by atoms with van der Waals surface area (Å²) in [7, 11) is 0. The Morgan fingerprint density at radius 3 is 2.50 bits per heavy atom. The summed E-state index contributed by atoms with van der Waals surface area (Å²) >= 11 is 1.46. The molecule has 1 unspecified atom stereocenters. The number of anilines is 1. The van der Waals surface area contributed by atoms with Crippen LogP contribution in [0.2, 0.25) is 0 Å². The van der Waals surface area contributed by atoms with Gasteiger partial charge in [0.2, 0.25) is 0 Å². The molecule has 1 atom stereocenters. The third-order valence-corrected chi connectivity index (χ3v) is 4.83. The topological polar surface area (TPSA) is 29.1 Å². The van der Waals surface area contributed by atoms with Crippen LogP contribution >= 0.6 is 0 Å². The molecule has 0 fully saturated rings. The maximum absolute atomic E-state index is 12.4. The Balaban J connectivity index is 1.88. The van der Waals surface area contributed by atoms with Gasteiger partial charge in [-0.2, -0.15) is 0 Å². The van der Waals surface area contributed by atoms with E-state index in [0.717, 1.165) is 27.4 Å². The molecule has 0 bridgehead atoms. The minimum atomic E-state index is -0.0514. The molecule has 0 spiro atoms. The van der Waals surface area contributed by atoms with E-state index in [1.807, 2.05) is 36.4 Å². The van der Waals surface area contributed by atoms with Crippen molar-refractivity contribution in [3.63, 3.8) is 0 Å². The Morgan fingerprint density at radius 2 is 1.73 bits per heavy atom. The Bertz CT molecular complexity index is 842. The van der Waals surface area contributed by atoms with E-state index in [9.17, 15) is 4.79 Å². The number of hydrogen-bond acceptors (Lipinski definition) is 1. The SMILES string of the molecule is CCc1ccc2cc(NC(=O)c3ccccc3[AsH2])ccc2c1. The van der Waals surface area contributed by atoms with Crippen LogP contribution in [0.25, 0.3) is 10.8 Å². The first-order valence-electron chi connectivity index (χ1n) is 7.36. The van der Waals surface area contributed by atoms with Crippen LogP contribution in [-0.2, 0) is 6.42 Å². The standard InChI is InChI=1S/C19H18AsNO/c1-2-13-7-8-15-12-16(10-9-14(15)11-13)21-19(22)17-5-3-4-6-18(17)20/h3-12H,2,20H2,1H3,(H,21,22). The van der Waals surface area contributed by atoms with E-state index in [4.69, 9.17) is 0 Å². The maximum atomic E-state index is 12.4. The molecule has 0 aliphatic carbocycles. The summed E-state index contributed by atoms with van der Waals surface area (Å²) in [6, 6.07) is 20.2. The monoisotopic (exact) mass is 351 g/mol. The molecule has 3 aromatic carbocycles. The summed E-state index contributed by atoms with van der Waals surface area (Å²) in [5.74, 6) is -0.0514. The van der Waals surface area contributed by atoms with Crippen molar-refractivity contribution in [1.82, 2.24) is 0 Å². The fourth-order valence-corrected chi connectivity index (χ4v) is 3.21. The van der Waals surface area contributed by atoms with Gasteiger partial charge in [-0.05, 0) is 0 Å². The fourth-order valence-electron chi connectivity index (χ4n) is 2.50. The van der Waals surface area contributed by atoms with Crippen molar-refractivity contribution < 1.29 is 4.79 Å². The Morgan fingerprint density at radius 1 is 1.00 bits per heavy atom. The normalized spacial score (nSPS) is 10.6. The molecule has 2 nitrogen and oxygen atoms in total. The van der Waals surface area contributed by atoms with Crippen molar-refractivity contribution in [2.75, 3.05) is 5.32 Å². The number of rotatable bonds is 3. The van der Waals surface area contributed by atoms with Gasteiger partial charge < -0.3 is 0 Å². The fraction of sp³-hybridized carbons (Fsp3) is 0.105. The number of fused-ring (bicyclic) bond motifs is 1. The molecule has 1 amide bonds. The molecule has 0 saturated heterocycles. The third-order valence-electron chi connectivity index (χ3n) is 3.78. The van der Waals surface area contributed by atoms with Crippen molar-refractivity contribution in [3.8, 4) is 0 Å². The van der Waals surface area contributed by atoms with Gasteiger partial charge in [-0.3, -0.25) is 0 Å². The summed E-state index contributed by atoms with van der Waals surface area (Å²) < 4.78 is 1.04. The van der Waals surface area contributed by atoms with E-state index in [2.05, 4.69) is 36.5 Å². The minimum absolute atomic E-state index is 0.0514. The molecule has 0 aliphatic rings. The van der Waals surface area contributed by atoms with Gasteiger partial charge in [0.15, 0.2) is 0 Å². The van der Waals surface area contributed by atoms with Crippen LogP contribution in [-0.4, -0.2) is 22.8 Å². The van der Waals surface area contributed by atoms with Crippen molar-refractivity contribution >= 4 is 43.6 Å². The van der Waals surface area contributed by atoms with E-state index in [1.54, 1.807) is 0 Å². The molecule has 0 aliphatic heterocycles. The van der Waals surface area contributed by atoms with Crippen LogP contribution in [0.4, 0.5) is 5.69 Å². The second kappa shape index (κ2) is 6.37. The van der Waals surface area contributed by atoms with Gasteiger partial charge in [0.05, 0.1) is 0 Å². The molecule has 1 N–H and O–H groups in total. The quantitative estimate of drug-likeness (QED) is 0.723. The molecule has 0 saturated carbocycles. The predicted molar refractivity (Wildman–Crippen MR) is 95.9 cm³/mol. The molecule has 22 heavy (non-hydrogen) atoms. The summed E-state index contributed by atoms with van der Waals surface area (Å²) in [6.45, 7) is 2.15. The second-order valence-corrected chi connectivity index (χ2v) is 6.60. The first-order valence-corrected chi connectivity index (χ1v) is 8.57. The van der Waals surface area contributed by atoms with Crippen molar-refractivity contribution in [1.29, 1.82) is 0 Å². The van der Waals surface area contributed by atoms with Crippen LogP contribution in [0.1, 0.15) is 22.8 Å². The average molecular weight is 351 g/mol. The van der Waals surface area contributed by atoms with Gasteiger partial charge in [-0.1, -0.05) is 0 Å². The number of nitrogens with one attached hydrogen (secondary N) is 1. The number of benzene rings is 3. The second-order valence-electron chi connectivity index (χ2n) is 5.29. The zero-order chi connectivity index (χ0) is 15.5. The van der Waals surface area contributed by atoms with Gasteiger partial charge in [-0.15, -0.1) is 0 Å². The number of hydrogen-bond donors (Lipinski definition) is 1. The van der Waals surface area contributed by atoms with Crippen LogP contribution in [0, 0.1) is 0 Å². The predicted octanol–water partition coefficient (Wildman–Crippen LogP) is 2.91. The van der Waals surface area contributed by atoms with Crippen LogP contribution < -0.4 is 9.67 Å². The van der Waals surface area contributed by atoms with Gasteiger partial charge in [-0.25, -0.2) is 0 Å². The van der Waals surface area contributed by atoms with Gasteiger partial charge in [0.25, 0.3) is 0 Å². The number of carbonyl (C=O) groups excluding carboxylic acids is 1. The molecule has 110 valence electrons. The Kier molecular flexibility index (Phi) is 4.31. The van der Waals surface area contributed by atoms with Crippen LogP contribution in [0.15, 0.2) is 60.7 Å². The van der Waals surface area contributed by atoms with Crippen LogP contribution in [0.5, 0.6) is 0 Å². The number of amides is 1. The van der Waals surface area contributed by atoms with Gasteiger partial charge in [0.1, 0.15) is 0 Å². The van der Waals surface area contributed by atoms with E-state index >= 15 is 0 Å². The number of aryl methyl sites for hydroxylation is 1. The van der Waals surface area contributed by atoms with Crippen molar-refractivity contribution in [3.05, 3.63) is 71.8 Å². The molecule has 0 heterocycles. The summed E-state index contributed by atoms with van der Waals surface area (Å²) in [5.41, 5.74) is 2.90. The van der Waals surface area contributed by atoms with E-state index in [1.165, 1.54) is 27.8 Å². The van der Waals surface area contributed by atoms with E-state index < -0.39 is 0 Å². The van der Waals surface area contributed by atoms with Gasteiger partial charge in [0, 0.05) is 0 Å². The number of carbonyl (C=O) groups is 1.